The first-order valence-electron chi connectivity index (χ1n) is 4.42. The number of methoxy groups -OCH3 is 2. The highest BCUT2D eigenvalue weighted by atomic mass is 35.5. The van der Waals surface area contributed by atoms with Gasteiger partial charge in [-0.3, -0.25) is 0 Å². The van der Waals surface area contributed by atoms with Crippen LogP contribution < -0.4 is 5.32 Å². The average Bonchev–Trinajstić information content (AvgIpc) is 2.24. The van der Waals surface area contributed by atoms with Gasteiger partial charge in [-0.15, -0.1) is 0 Å². The topological polar surface area (TPSA) is 30.5 Å². The lowest BCUT2D eigenvalue weighted by atomic mass is 10.3. The molecule has 0 aromatic heterocycles. The maximum Gasteiger partial charge on any atom is 0.173 e. The van der Waals surface area contributed by atoms with Crippen molar-refractivity contribution >= 4 is 17.3 Å². The number of rotatable bonds is 5. The Kier molecular flexibility index (Phi) is 4.81. The molecule has 5 heteroatoms. The lowest BCUT2D eigenvalue weighted by Crippen LogP contribution is -2.23. The molecule has 84 valence electrons. The van der Waals surface area contributed by atoms with Crippen molar-refractivity contribution in [3.63, 3.8) is 0 Å². The summed E-state index contributed by atoms with van der Waals surface area (Å²) in [5, 5.41) is 3.32. The molecule has 0 aliphatic rings. The highest BCUT2D eigenvalue weighted by Crippen LogP contribution is 2.19. The molecule has 1 rings (SSSR count). The van der Waals surface area contributed by atoms with Crippen LogP contribution in [-0.2, 0) is 9.47 Å². The summed E-state index contributed by atoms with van der Waals surface area (Å²) in [6.07, 6.45) is -0.414. The van der Waals surface area contributed by atoms with Crippen LogP contribution in [0.25, 0.3) is 0 Å². The van der Waals surface area contributed by atoms with E-state index in [1.54, 1.807) is 0 Å². The Bertz CT molecular complexity index is 318. The predicted octanol–water partition coefficient (Wildman–Crippen LogP) is 2.51. The van der Waals surface area contributed by atoms with Gasteiger partial charge in [0.1, 0.15) is 5.82 Å². The Labute approximate surface area is 93.1 Å². The number of anilines is 1. The number of ether oxygens (including phenoxy) is 2. The van der Waals surface area contributed by atoms with Crippen molar-refractivity contribution in [2.45, 2.75) is 6.29 Å². The first-order valence-corrected chi connectivity index (χ1v) is 4.79. The molecular formula is C10H13ClFNO2. The van der Waals surface area contributed by atoms with E-state index in [9.17, 15) is 4.39 Å². The lowest BCUT2D eigenvalue weighted by Gasteiger charge is -2.15. The zero-order chi connectivity index (χ0) is 11.3. The van der Waals surface area contributed by atoms with Gasteiger partial charge in [0.05, 0.1) is 12.2 Å². The molecule has 1 N–H and O–H groups in total. The second-order valence-corrected chi connectivity index (χ2v) is 3.34. The third-order valence-electron chi connectivity index (χ3n) is 1.91. The van der Waals surface area contributed by atoms with Gasteiger partial charge in [0, 0.05) is 19.2 Å². The first kappa shape index (κ1) is 12.2. The normalized spacial score (nSPS) is 10.7. The second kappa shape index (κ2) is 5.90. The molecule has 1 aromatic rings. The molecule has 0 atom stereocenters. The van der Waals surface area contributed by atoms with Gasteiger partial charge in [0.2, 0.25) is 0 Å². The fraction of sp³-hybridized carbons (Fsp3) is 0.400. The molecule has 0 aliphatic carbocycles. The van der Waals surface area contributed by atoms with E-state index in [4.69, 9.17) is 21.1 Å². The van der Waals surface area contributed by atoms with Gasteiger partial charge >= 0.3 is 0 Å². The maximum absolute atomic E-state index is 13.2. The maximum atomic E-state index is 13.2. The summed E-state index contributed by atoms with van der Waals surface area (Å²) in [6, 6.07) is 4.31. The first-order chi connectivity index (χ1) is 7.17. The fourth-order valence-electron chi connectivity index (χ4n) is 1.09. The highest BCUT2D eigenvalue weighted by Gasteiger charge is 2.07. The van der Waals surface area contributed by atoms with Gasteiger partial charge in [-0.1, -0.05) is 11.6 Å². The number of hydrogen-bond donors (Lipinski definition) is 1. The summed E-state index contributed by atoms with van der Waals surface area (Å²) in [5.74, 6) is -0.356. The molecule has 0 amide bonds. The van der Waals surface area contributed by atoms with Crippen LogP contribution in [0.2, 0.25) is 5.02 Å². The van der Waals surface area contributed by atoms with Crippen LogP contribution in [0.1, 0.15) is 0 Å². The van der Waals surface area contributed by atoms with Crippen molar-refractivity contribution in [3.8, 4) is 0 Å². The lowest BCUT2D eigenvalue weighted by molar-refractivity contribution is -0.0914. The fourth-order valence-corrected chi connectivity index (χ4v) is 1.26. The van der Waals surface area contributed by atoms with E-state index >= 15 is 0 Å². The number of nitrogens with one attached hydrogen (secondary N) is 1. The van der Waals surface area contributed by atoms with E-state index in [0.717, 1.165) is 0 Å². The second-order valence-electron chi connectivity index (χ2n) is 2.91. The average molecular weight is 234 g/mol. The van der Waals surface area contributed by atoms with E-state index in [-0.39, 0.29) is 5.82 Å². The van der Waals surface area contributed by atoms with E-state index < -0.39 is 6.29 Å². The molecule has 0 radical (unpaired) electrons. The molecule has 0 saturated carbocycles. The van der Waals surface area contributed by atoms with Crippen molar-refractivity contribution < 1.29 is 13.9 Å². The molecule has 0 spiro atoms. The Morgan fingerprint density at radius 1 is 1.40 bits per heavy atom. The van der Waals surface area contributed by atoms with Crippen LogP contribution in [-0.4, -0.2) is 27.1 Å². The summed E-state index contributed by atoms with van der Waals surface area (Å²) >= 11 is 5.73. The minimum absolute atomic E-state index is 0.335. The van der Waals surface area contributed by atoms with E-state index in [1.807, 2.05) is 0 Å². The summed E-state index contributed by atoms with van der Waals surface area (Å²) in [7, 11) is 3.04. The summed E-state index contributed by atoms with van der Waals surface area (Å²) in [6.45, 7) is 0.351. The summed E-state index contributed by atoms with van der Waals surface area (Å²) < 4.78 is 23.1. The van der Waals surface area contributed by atoms with Crippen LogP contribution in [0.4, 0.5) is 10.1 Å². The van der Waals surface area contributed by atoms with Gasteiger partial charge in [-0.05, 0) is 18.2 Å². The Balaban J connectivity index is 2.60. The Morgan fingerprint density at radius 3 is 2.67 bits per heavy atom. The summed E-state index contributed by atoms with van der Waals surface area (Å²) in [5.41, 5.74) is 0.335. The number of benzene rings is 1. The monoisotopic (exact) mass is 233 g/mol. The number of hydrogen-bond acceptors (Lipinski definition) is 3. The Hall–Kier alpha value is -0.840. The molecule has 1 aromatic carbocycles. The van der Waals surface area contributed by atoms with Crippen molar-refractivity contribution in [3.05, 3.63) is 29.0 Å². The molecule has 0 heterocycles. The zero-order valence-electron chi connectivity index (χ0n) is 8.59. The van der Waals surface area contributed by atoms with Gasteiger partial charge in [0.25, 0.3) is 0 Å². The van der Waals surface area contributed by atoms with Gasteiger partial charge in [0.15, 0.2) is 6.29 Å². The highest BCUT2D eigenvalue weighted by molar-refractivity contribution is 6.30. The minimum atomic E-state index is -0.414. The molecule has 3 nitrogen and oxygen atoms in total. The molecule has 0 unspecified atom stereocenters. The summed E-state index contributed by atoms with van der Waals surface area (Å²) in [4.78, 5) is 0. The minimum Gasteiger partial charge on any atom is -0.378 e. The van der Waals surface area contributed by atoms with Crippen LogP contribution >= 0.6 is 11.6 Å². The molecule has 0 bridgehead atoms. The van der Waals surface area contributed by atoms with Crippen LogP contribution in [0.15, 0.2) is 18.2 Å². The molecule has 15 heavy (non-hydrogen) atoms. The van der Waals surface area contributed by atoms with Crippen molar-refractivity contribution in [1.29, 1.82) is 0 Å². The van der Waals surface area contributed by atoms with Gasteiger partial charge in [-0.2, -0.15) is 0 Å². The van der Waals surface area contributed by atoms with Crippen molar-refractivity contribution in [1.82, 2.24) is 0 Å². The largest absolute Gasteiger partial charge is 0.378 e. The van der Waals surface area contributed by atoms with Gasteiger partial charge < -0.3 is 14.8 Å². The Morgan fingerprint density at radius 2 is 2.07 bits per heavy atom. The van der Waals surface area contributed by atoms with Crippen molar-refractivity contribution in [2.75, 3.05) is 26.1 Å². The third kappa shape index (κ3) is 3.66. The molecule has 0 fully saturated rings. The van der Waals surface area contributed by atoms with Crippen LogP contribution in [0.3, 0.4) is 0 Å². The third-order valence-corrected chi connectivity index (χ3v) is 2.15. The molecular weight excluding hydrogens is 221 g/mol. The predicted molar refractivity (Wildman–Crippen MR) is 57.7 cm³/mol. The number of halogens is 2. The molecule has 0 saturated heterocycles. The van der Waals surface area contributed by atoms with E-state index in [0.29, 0.717) is 17.3 Å². The SMILES string of the molecule is COC(CNc1cc(Cl)ccc1F)OC. The van der Waals surface area contributed by atoms with Crippen LogP contribution in [0.5, 0.6) is 0 Å². The smallest absolute Gasteiger partial charge is 0.173 e. The van der Waals surface area contributed by atoms with E-state index in [2.05, 4.69) is 5.32 Å². The zero-order valence-corrected chi connectivity index (χ0v) is 9.34. The van der Waals surface area contributed by atoms with E-state index in [1.165, 1.54) is 32.4 Å². The van der Waals surface area contributed by atoms with Crippen molar-refractivity contribution in [2.24, 2.45) is 0 Å². The van der Waals surface area contributed by atoms with Gasteiger partial charge in [-0.25, -0.2) is 4.39 Å². The quantitative estimate of drug-likeness (QED) is 0.793. The molecule has 0 aliphatic heterocycles. The standard InChI is InChI=1S/C10H13ClFNO2/c1-14-10(15-2)6-13-9-5-7(11)3-4-8(9)12/h3-5,10,13H,6H2,1-2H3. The van der Waals surface area contributed by atoms with Crippen LogP contribution in [0, 0.1) is 5.82 Å².